The smallest absolute Gasteiger partial charge is 0.251 e. The number of carbonyl (C=O) groups excluding carboxylic acids is 1. The van der Waals surface area contributed by atoms with Crippen molar-refractivity contribution in [2.75, 3.05) is 33.5 Å². The fourth-order valence-corrected chi connectivity index (χ4v) is 1.33. The van der Waals surface area contributed by atoms with Crippen molar-refractivity contribution >= 4 is 11.6 Å². The molecule has 0 saturated heterocycles. The predicted molar refractivity (Wildman–Crippen MR) is 77.5 cm³/mol. The minimum absolute atomic E-state index is 0.116. The minimum atomic E-state index is -0.156. The molecule has 1 amide bonds. The van der Waals surface area contributed by atoms with E-state index in [1.165, 1.54) is 0 Å². The number of nitrogen functional groups attached to an aromatic ring is 1. The Balaban J connectivity index is 2.86. The standard InChI is InChI=1S/C14H23N3O2/c1-14(2,17(4)5)9-19-12-8-10(13(18)16-3)6-7-11(12)15/h6-8H,9,15H2,1-5H3,(H,16,18). The van der Waals surface area contributed by atoms with Gasteiger partial charge in [0.1, 0.15) is 12.4 Å². The first-order valence-corrected chi connectivity index (χ1v) is 6.20. The zero-order valence-corrected chi connectivity index (χ0v) is 12.3. The van der Waals surface area contributed by atoms with Crippen LogP contribution in [0.15, 0.2) is 18.2 Å². The van der Waals surface area contributed by atoms with Crippen LogP contribution in [0.4, 0.5) is 5.69 Å². The van der Waals surface area contributed by atoms with Crippen molar-refractivity contribution in [1.29, 1.82) is 0 Å². The van der Waals surface area contributed by atoms with Crippen LogP contribution in [-0.4, -0.2) is 44.1 Å². The van der Waals surface area contributed by atoms with Crippen LogP contribution in [0.2, 0.25) is 0 Å². The molecule has 0 aliphatic heterocycles. The molecule has 0 aromatic heterocycles. The fourth-order valence-electron chi connectivity index (χ4n) is 1.33. The van der Waals surface area contributed by atoms with Crippen LogP contribution in [0.25, 0.3) is 0 Å². The number of anilines is 1. The molecule has 0 spiro atoms. The highest BCUT2D eigenvalue weighted by Crippen LogP contribution is 2.24. The van der Waals surface area contributed by atoms with Crippen LogP contribution in [0, 0.1) is 0 Å². The third-order valence-electron chi connectivity index (χ3n) is 3.29. The maximum absolute atomic E-state index is 11.6. The van der Waals surface area contributed by atoms with E-state index < -0.39 is 0 Å². The quantitative estimate of drug-likeness (QED) is 0.789. The van der Waals surface area contributed by atoms with Crippen LogP contribution in [0.3, 0.4) is 0 Å². The largest absolute Gasteiger partial charge is 0.489 e. The Morgan fingerprint density at radius 2 is 2.05 bits per heavy atom. The van der Waals surface area contributed by atoms with Gasteiger partial charge in [0.2, 0.25) is 0 Å². The van der Waals surface area contributed by atoms with E-state index in [4.69, 9.17) is 10.5 Å². The van der Waals surface area contributed by atoms with Gasteiger partial charge in [0.05, 0.1) is 5.69 Å². The second kappa shape index (κ2) is 5.93. The lowest BCUT2D eigenvalue weighted by molar-refractivity contribution is 0.0961. The molecule has 3 N–H and O–H groups in total. The molecule has 0 fully saturated rings. The van der Waals surface area contributed by atoms with Gasteiger partial charge in [0.15, 0.2) is 0 Å². The van der Waals surface area contributed by atoms with Gasteiger partial charge in [0, 0.05) is 18.2 Å². The van der Waals surface area contributed by atoms with Crippen molar-refractivity contribution < 1.29 is 9.53 Å². The molecule has 0 aliphatic rings. The second-order valence-corrected chi connectivity index (χ2v) is 5.33. The maximum Gasteiger partial charge on any atom is 0.251 e. The van der Waals surface area contributed by atoms with E-state index in [9.17, 15) is 4.79 Å². The summed E-state index contributed by atoms with van der Waals surface area (Å²) in [6.45, 7) is 4.64. The number of hydrogen-bond acceptors (Lipinski definition) is 4. The summed E-state index contributed by atoms with van der Waals surface area (Å²) in [7, 11) is 5.58. The zero-order chi connectivity index (χ0) is 14.6. The van der Waals surface area contributed by atoms with Gasteiger partial charge < -0.3 is 20.7 Å². The molecule has 0 unspecified atom stereocenters. The second-order valence-electron chi connectivity index (χ2n) is 5.33. The number of ether oxygens (including phenoxy) is 1. The van der Waals surface area contributed by atoms with Gasteiger partial charge in [-0.25, -0.2) is 0 Å². The topological polar surface area (TPSA) is 67.6 Å². The molecular weight excluding hydrogens is 242 g/mol. The van der Waals surface area contributed by atoms with Gasteiger partial charge >= 0.3 is 0 Å². The van der Waals surface area contributed by atoms with Crippen molar-refractivity contribution in [3.8, 4) is 5.75 Å². The van der Waals surface area contributed by atoms with Crippen molar-refractivity contribution in [3.63, 3.8) is 0 Å². The van der Waals surface area contributed by atoms with Crippen LogP contribution < -0.4 is 15.8 Å². The van der Waals surface area contributed by atoms with E-state index >= 15 is 0 Å². The number of carbonyl (C=O) groups is 1. The summed E-state index contributed by atoms with van der Waals surface area (Å²) in [6, 6.07) is 5.03. The number of hydrogen-bond donors (Lipinski definition) is 2. The number of nitrogens with two attached hydrogens (primary N) is 1. The van der Waals surface area contributed by atoms with Gasteiger partial charge in [-0.05, 0) is 46.1 Å². The summed E-state index contributed by atoms with van der Waals surface area (Å²) in [5, 5.41) is 2.57. The number of nitrogens with zero attached hydrogens (tertiary/aromatic N) is 1. The summed E-state index contributed by atoms with van der Waals surface area (Å²) in [5.41, 5.74) is 6.82. The van der Waals surface area contributed by atoms with Crippen molar-refractivity contribution in [1.82, 2.24) is 10.2 Å². The lowest BCUT2D eigenvalue weighted by atomic mass is 10.1. The van der Waals surface area contributed by atoms with E-state index in [0.29, 0.717) is 23.6 Å². The molecule has 0 radical (unpaired) electrons. The molecule has 1 rings (SSSR count). The third-order valence-corrected chi connectivity index (χ3v) is 3.29. The third kappa shape index (κ3) is 3.86. The van der Waals surface area contributed by atoms with E-state index in [1.807, 2.05) is 14.1 Å². The Morgan fingerprint density at radius 3 is 2.58 bits per heavy atom. The van der Waals surface area contributed by atoms with Crippen LogP contribution in [0.1, 0.15) is 24.2 Å². The molecule has 1 aromatic carbocycles. The molecule has 0 bridgehead atoms. The Bertz CT molecular complexity index is 456. The van der Waals surface area contributed by atoms with Gasteiger partial charge in [-0.3, -0.25) is 4.79 Å². The van der Waals surface area contributed by atoms with Gasteiger partial charge in [-0.15, -0.1) is 0 Å². The van der Waals surface area contributed by atoms with Crippen molar-refractivity contribution in [2.24, 2.45) is 0 Å². The maximum atomic E-state index is 11.6. The van der Waals surface area contributed by atoms with Crippen LogP contribution in [0.5, 0.6) is 5.75 Å². The Hall–Kier alpha value is -1.75. The first kappa shape index (κ1) is 15.3. The average molecular weight is 265 g/mol. The molecule has 5 nitrogen and oxygen atoms in total. The highest BCUT2D eigenvalue weighted by Gasteiger charge is 2.22. The van der Waals surface area contributed by atoms with Crippen molar-refractivity contribution in [2.45, 2.75) is 19.4 Å². The van der Waals surface area contributed by atoms with E-state index in [1.54, 1.807) is 25.2 Å². The highest BCUT2D eigenvalue weighted by atomic mass is 16.5. The number of benzene rings is 1. The summed E-state index contributed by atoms with van der Waals surface area (Å²) < 4.78 is 5.75. The van der Waals surface area contributed by atoms with E-state index in [0.717, 1.165) is 0 Å². The van der Waals surface area contributed by atoms with Crippen LogP contribution >= 0.6 is 0 Å². The molecule has 19 heavy (non-hydrogen) atoms. The number of likely N-dealkylation sites (N-methyl/N-ethyl adjacent to an activating group) is 1. The minimum Gasteiger partial charge on any atom is -0.489 e. The SMILES string of the molecule is CNC(=O)c1ccc(N)c(OCC(C)(C)N(C)C)c1. The molecule has 0 heterocycles. The summed E-state index contributed by atoms with van der Waals surface area (Å²) in [4.78, 5) is 13.6. The summed E-state index contributed by atoms with van der Waals surface area (Å²) in [6.07, 6.45) is 0. The first-order chi connectivity index (χ1) is 8.77. The molecular formula is C14H23N3O2. The Labute approximate surface area is 114 Å². The zero-order valence-electron chi connectivity index (χ0n) is 12.3. The highest BCUT2D eigenvalue weighted by molar-refractivity contribution is 5.95. The molecule has 106 valence electrons. The lowest BCUT2D eigenvalue weighted by Crippen LogP contribution is -2.43. The Kier molecular flexibility index (Phi) is 4.78. The summed E-state index contributed by atoms with van der Waals surface area (Å²) in [5.74, 6) is 0.382. The first-order valence-electron chi connectivity index (χ1n) is 6.20. The fraction of sp³-hybridized carbons (Fsp3) is 0.500. The van der Waals surface area contributed by atoms with Gasteiger partial charge in [-0.1, -0.05) is 0 Å². The molecule has 5 heteroatoms. The molecule has 0 aliphatic carbocycles. The lowest BCUT2D eigenvalue weighted by Gasteiger charge is -2.32. The number of amides is 1. The number of rotatable bonds is 5. The van der Waals surface area contributed by atoms with E-state index in [2.05, 4.69) is 24.1 Å². The summed E-state index contributed by atoms with van der Waals surface area (Å²) >= 11 is 0. The van der Waals surface area contributed by atoms with Crippen molar-refractivity contribution in [3.05, 3.63) is 23.8 Å². The molecule has 1 aromatic rings. The molecule has 0 saturated carbocycles. The monoisotopic (exact) mass is 265 g/mol. The van der Waals surface area contributed by atoms with Gasteiger partial charge in [0.25, 0.3) is 5.91 Å². The normalized spacial score (nSPS) is 11.5. The van der Waals surface area contributed by atoms with E-state index in [-0.39, 0.29) is 11.4 Å². The van der Waals surface area contributed by atoms with Gasteiger partial charge in [-0.2, -0.15) is 0 Å². The predicted octanol–water partition coefficient (Wildman–Crippen LogP) is 1.35. The average Bonchev–Trinajstić information content (AvgIpc) is 2.36. The van der Waals surface area contributed by atoms with Crippen LogP contribution in [-0.2, 0) is 0 Å². The Morgan fingerprint density at radius 1 is 1.42 bits per heavy atom. The number of nitrogens with one attached hydrogen (secondary N) is 1. The molecule has 0 atom stereocenters.